The highest BCUT2D eigenvalue weighted by Gasteiger charge is 2.19. The van der Waals surface area contributed by atoms with Crippen LogP contribution >= 0.6 is 22.6 Å². The van der Waals surface area contributed by atoms with Crippen molar-refractivity contribution in [2.24, 2.45) is 5.92 Å². The first-order valence-electron chi connectivity index (χ1n) is 6.22. The molecule has 1 aromatic carbocycles. The third-order valence-electron chi connectivity index (χ3n) is 3.16. The predicted molar refractivity (Wildman–Crippen MR) is 79.5 cm³/mol. The molecule has 1 aliphatic heterocycles. The van der Waals surface area contributed by atoms with E-state index < -0.39 is 0 Å². The van der Waals surface area contributed by atoms with Crippen LogP contribution in [-0.4, -0.2) is 31.4 Å². The summed E-state index contributed by atoms with van der Waals surface area (Å²) in [6.45, 7) is 2.50. The highest BCUT2D eigenvalue weighted by Crippen LogP contribution is 2.25. The molecule has 0 aliphatic carbocycles. The molecule has 1 heterocycles. The Hall–Kier alpha value is -0.330. The van der Waals surface area contributed by atoms with Crippen LogP contribution in [0.5, 0.6) is 5.75 Å². The molecule has 2 unspecified atom stereocenters. The SMILES string of the molecule is COc1cccc(C(CI)OCC2CCOC2)c1. The lowest BCUT2D eigenvalue weighted by Crippen LogP contribution is -2.14. The van der Waals surface area contributed by atoms with E-state index in [0.29, 0.717) is 5.92 Å². The van der Waals surface area contributed by atoms with Crippen molar-refractivity contribution in [2.75, 3.05) is 31.4 Å². The van der Waals surface area contributed by atoms with Crippen molar-refractivity contribution in [2.45, 2.75) is 12.5 Å². The van der Waals surface area contributed by atoms with Gasteiger partial charge in [-0.25, -0.2) is 0 Å². The zero-order chi connectivity index (χ0) is 12.8. The van der Waals surface area contributed by atoms with Gasteiger partial charge in [0.2, 0.25) is 0 Å². The Kier molecular flexibility index (Phi) is 5.72. The molecule has 2 atom stereocenters. The number of rotatable bonds is 6. The van der Waals surface area contributed by atoms with Crippen molar-refractivity contribution in [3.63, 3.8) is 0 Å². The molecule has 1 fully saturated rings. The maximum atomic E-state index is 6.02. The molecular formula is C14H19IO3. The lowest BCUT2D eigenvalue weighted by molar-refractivity contribution is 0.0401. The average molecular weight is 362 g/mol. The molecule has 0 spiro atoms. The fourth-order valence-electron chi connectivity index (χ4n) is 2.04. The van der Waals surface area contributed by atoms with Gasteiger partial charge in [-0.05, 0) is 24.1 Å². The van der Waals surface area contributed by atoms with Crippen molar-refractivity contribution < 1.29 is 14.2 Å². The van der Waals surface area contributed by atoms with Gasteiger partial charge in [0.15, 0.2) is 0 Å². The molecule has 2 rings (SSSR count). The topological polar surface area (TPSA) is 27.7 Å². The summed E-state index contributed by atoms with van der Waals surface area (Å²) in [7, 11) is 1.69. The Morgan fingerprint density at radius 3 is 3.06 bits per heavy atom. The number of methoxy groups -OCH3 is 1. The molecule has 0 saturated carbocycles. The molecule has 0 N–H and O–H groups in total. The van der Waals surface area contributed by atoms with Crippen LogP contribution in [0.3, 0.4) is 0 Å². The summed E-state index contributed by atoms with van der Waals surface area (Å²) < 4.78 is 17.6. The molecule has 18 heavy (non-hydrogen) atoms. The van der Waals surface area contributed by atoms with E-state index in [-0.39, 0.29) is 6.10 Å². The second-order valence-electron chi connectivity index (χ2n) is 4.48. The van der Waals surface area contributed by atoms with Crippen LogP contribution in [-0.2, 0) is 9.47 Å². The van der Waals surface area contributed by atoms with Crippen LogP contribution in [0.1, 0.15) is 18.1 Å². The molecule has 1 saturated heterocycles. The van der Waals surface area contributed by atoms with Crippen LogP contribution in [0, 0.1) is 5.92 Å². The molecule has 0 aromatic heterocycles. The summed E-state index contributed by atoms with van der Waals surface area (Å²) in [4.78, 5) is 0. The molecule has 3 nitrogen and oxygen atoms in total. The smallest absolute Gasteiger partial charge is 0.119 e. The number of halogens is 1. The molecule has 0 radical (unpaired) electrons. The van der Waals surface area contributed by atoms with Crippen molar-refractivity contribution in [3.8, 4) is 5.75 Å². The minimum Gasteiger partial charge on any atom is -0.497 e. The minimum absolute atomic E-state index is 0.140. The molecular weight excluding hydrogens is 343 g/mol. The first kappa shape index (κ1) is 14.1. The summed E-state index contributed by atoms with van der Waals surface area (Å²) >= 11 is 2.37. The predicted octanol–water partition coefficient (Wildman–Crippen LogP) is 3.22. The van der Waals surface area contributed by atoms with Crippen molar-refractivity contribution in [1.29, 1.82) is 0 Å². The standard InChI is InChI=1S/C14H19IO3/c1-16-13-4-2-3-12(7-13)14(8-15)18-10-11-5-6-17-9-11/h2-4,7,11,14H,5-6,8-10H2,1H3. The van der Waals surface area contributed by atoms with Crippen LogP contribution in [0.4, 0.5) is 0 Å². The van der Waals surface area contributed by atoms with Gasteiger partial charge in [0, 0.05) is 17.0 Å². The number of ether oxygens (including phenoxy) is 3. The minimum atomic E-state index is 0.140. The van der Waals surface area contributed by atoms with E-state index >= 15 is 0 Å². The number of hydrogen-bond acceptors (Lipinski definition) is 3. The number of hydrogen-bond donors (Lipinski definition) is 0. The fourth-order valence-corrected chi connectivity index (χ4v) is 2.80. The van der Waals surface area contributed by atoms with Crippen LogP contribution in [0.25, 0.3) is 0 Å². The Labute approximate surface area is 122 Å². The lowest BCUT2D eigenvalue weighted by Gasteiger charge is -2.18. The first-order chi connectivity index (χ1) is 8.83. The van der Waals surface area contributed by atoms with Gasteiger partial charge in [0.25, 0.3) is 0 Å². The van der Waals surface area contributed by atoms with Gasteiger partial charge in [0.1, 0.15) is 5.75 Å². The zero-order valence-electron chi connectivity index (χ0n) is 10.6. The van der Waals surface area contributed by atoms with E-state index in [9.17, 15) is 0 Å². The van der Waals surface area contributed by atoms with Gasteiger partial charge in [-0.3, -0.25) is 0 Å². The van der Waals surface area contributed by atoms with Crippen molar-refractivity contribution in [1.82, 2.24) is 0 Å². The Morgan fingerprint density at radius 1 is 1.50 bits per heavy atom. The highest BCUT2D eigenvalue weighted by atomic mass is 127. The zero-order valence-corrected chi connectivity index (χ0v) is 12.8. The third-order valence-corrected chi connectivity index (χ3v) is 3.96. The first-order valence-corrected chi connectivity index (χ1v) is 7.75. The summed E-state index contributed by atoms with van der Waals surface area (Å²) in [6, 6.07) is 8.11. The van der Waals surface area contributed by atoms with Gasteiger partial charge in [-0.1, -0.05) is 34.7 Å². The fraction of sp³-hybridized carbons (Fsp3) is 0.571. The summed E-state index contributed by atoms with van der Waals surface area (Å²) in [5.41, 5.74) is 1.18. The quantitative estimate of drug-likeness (QED) is 0.575. The maximum Gasteiger partial charge on any atom is 0.119 e. The van der Waals surface area contributed by atoms with Gasteiger partial charge in [-0.15, -0.1) is 0 Å². The van der Waals surface area contributed by atoms with Crippen LogP contribution in [0.2, 0.25) is 0 Å². The van der Waals surface area contributed by atoms with E-state index in [0.717, 1.165) is 36.4 Å². The van der Waals surface area contributed by atoms with E-state index in [1.54, 1.807) is 7.11 Å². The van der Waals surface area contributed by atoms with Crippen molar-refractivity contribution in [3.05, 3.63) is 29.8 Å². The Morgan fingerprint density at radius 2 is 2.39 bits per heavy atom. The Bertz CT molecular complexity index is 364. The Balaban J connectivity index is 1.93. The van der Waals surface area contributed by atoms with Gasteiger partial charge in [0.05, 0.1) is 26.4 Å². The van der Waals surface area contributed by atoms with E-state index in [4.69, 9.17) is 14.2 Å². The number of benzene rings is 1. The summed E-state index contributed by atoms with van der Waals surface area (Å²) in [6.07, 6.45) is 1.26. The third kappa shape index (κ3) is 3.83. The van der Waals surface area contributed by atoms with E-state index in [2.05, 4.69) is 34.7 Å². The maximum absolute atomic E-state index is 6.02. The average Bonchev–Trinajstić information content (AvgIpc) is 2.93. The van der Waals surface area contributed by atoms with Gasteiger partial charge < -0.3 is 14.2 Å². The summed E-state index contributed by atoms with van der Waals surface area (Å²) in [5.74, 6) is 1.44. The molecule has 1 aromatic rings. The molecule has 0 bridgehead atoms. The summed E-state index contributed by atoms with van der Waals surface area (Å²) in [5, 5.41) is 0. The lowest BCUT2D eigenvalue weighted by atomic mass is 10.1. The second kappa shape index (κ2) is 7.31. The van der Waals surface area contributed by atoms with Gasteiger partial charge in [-0.2, -0.15) is 0 Å². The second-order valence-corrected chi connectivity index (χ2v) is 5.36. The van der Waals surface area contributed by atoms with Crippen LogP contribution in [0.15, 0.2) is 24.3 Å². The molecule has 1 aliphatic rings. The highest BCUT2D eigenvalue weighted by molar-refractivity contribution is 14.1. The molecule has 0 amide bonds. The van der Waals surface area contributed by atoms with Gasteiger partial charge >= 0.3 is 0 Å². The molecule has 4 heteroatoms. The van der Waals surface area contributed by atoms with Crippen LogP contribution < -0.4 is 4.74 Å². The normalized spacial score (nSPS) is 20.9. The number of alkyl halides is 1. The largest absolute Gasteiger partial charge is 0.497 e. The van der Waals surface area contributed by atoms with E-state index in [1.807, 2.05) is 12.1 Å². The van der Waals surface area contributed by atoms with E-state index in [1.165, 1.54) is 5.56 Å². The molecule has 100 valence electrons. The monoisotopic (exact) mass is 362 g/mol. The van der Waals surface area contributed by atoms with Crippen molar-refractivity contribution >= 4 is 22.6 Å².